The number of hydrogen-bond donors (Lipinski definition) is 4. The zero-order valence-electron chi connectivity index (χ0n) is 30.0. The Bertz CT molecular complexity index is 1400. The average molecular weight is 697 g/mol. The van der Waals surface area contributed by atoms with Crippen molar-refractivity contribution >= 4 is 25.3 Å². The van der Waals surface area contributed by atoms with Crippen molar-refractivity contribution in [1.29, 1.82) is 0 Å². The summed E-state index contributed by atoms with van der Waals surface area (Å²) in [4.78, 5) is 0. The Labute approximate surface area is 308 Å². The summed E-state index contributed by atoms with van der Waals surface area (Å²) in [5.74, 6) is 0.548. The number of aryl methyl sites for hydroxylation is 2. The maximum Gasteiger partial charge on any atom is 0.123 e. The predicted octanol–water partition coefficient (Wildman–Crippen LogP) is 13.3. The highest BCUT2D eigenvalue weighted by Crippen LogP contribution is 2.42. The number of phenols is 2. The van der Waals surface area contributed by atoms with Gasteiger partial charge >= 0.3 is 0 Å². The fraction of sp³-hybridized carbons (Fsp3) is 0.467. The van der Waals surface area contributed by atoms with Crippen molar-refractivity contribution in [1.82, 2.24) is 0 Å². The number of hydrogen-bond acceptors (Lipinski definition) is 4. The van der Waals surface area contributed by atoms with E-state index in [1.54, 1.807) is 0 Å². The van der Waals surface area contributed by atoms with Crippen molar-refractivity contribution in [3.63, 3.8) is 0 Å². The van der Waals surface area contributed by atoms with Gasteiger partial charge in [0.05, 0.1) is 10.5 Å². The summed E-state index contributed by atoms with van der Waals surface area (Å²) in [6.45, 7) is 4.52. The van der Waals surface area contributed by atoms with Crippen molar-refractivity contribution in [2.24, 2.45) is 0 Å². The minimum Gasteiger partial charge on any atom is -0.507 e. The van der Waals surface area contributed by atoms with Gasteiger partial charge in [0, 0.05) is 17.5 Å². The van der Waals surface area contributed by atoms with Gasteiger partial charge < -0.3 is 10.2 Å². The van der Waals surface area contributed by atoms with Crippen LogP contribution in [0.25, 0.3) is 0 Å². The second kappa shape index (κ2) is 21.4. The predicted molar refractivity (Wildman–Crippen MR) is 217 cm³/mol. The minimum absolute atomic E-state index is 0.248. The molecule has 4 heteroatoms. The van der Waals surface area contributed by atoms with E-state index >= 15 is 0 Å². The highest BCUT2D eigenvalue weighted by molar-refractivity contribution is 7.81. The first-order valence-corrected chi connectivity index (χ1v) is 20.1. The molecule has 49 heavy (non-hydrogen) atoms. The maximum absolute atomic E-state index is 11.8. The smallest absolute Gasteiger partial charge is 0.123 e. The van der Waals surface area contributed by atoms with Gasteiger partial charge in [-0.25, -0.2) is 0 Å². The Morgan fingerprint density at radius 2 is 0.816 bits per heavy atom. The molecule has 2 atom stereocenters. The van der Waals surface area contributed by atoms with E-state index < -0.39 is 0 Å². The minimum atomic E-state index is -0.248. The number of phenolic OH excluding ortho intramolecular Hbond substituents is 2. The molecule has 4 rings (SSSR count). The monoisotopic (exact) mass is 696 g/mol. The number of rotatable bonds is 22. The Hall–Kier alpha value is -2.82. The normalized spacial score (nSPS) is 12.7. The van der Waals surface area contributed by atoms with E-state index in [2.05, 4.69) is 62.4 Å². The van der Waals surface area contributed by atoms with Crippen molar-refractivity contribution in [3.8, 4) is 11.5 Å². The summed E-state index contributed by atoms with van der Waals surface area (Å²) in [6.07, 6.45) is 20.0. The van der Waals surface area contributed by atoms with Gasteiger partial charge in [-0.1, -0.05) is 176 Å². The van der Waals surface area contributed by atoms with Crippen molar-refractivity contribution in [3.05, 3.63) is 129 Å². The molecule has 0 spiro atoms. The van der Waals surface area contributed by atoms with Crippen LogP contribution in [0.4, 0.5) is 0 Å². The number of thiol groups is 2. The van der Waals surface area contributed by atoms with Crippen molar-refractivity contribution in [2.45, 2.75) is 134 Å². The van der Waals surface area contributed by atoms with Crippen LogP contribution >= 0.6 is 25.3 Å². The third-order valence-corrected chi connectivity index (χ3v) is 11.0. The molecule has 0 saturated heterocycles. The Morgan fingerprint density at radius 3 is 1.18 bits per heavy atom. The standard InChI is InChI=1S/C45H60O2S2/c1-3-5-7-9-11-13-17-23-34-29-38(42(46)40(31-34)44(48)36-25-19-15-20-26-36)33-39-30-35(24-18-14-12-10-8-6-4-2)32-41(43(39)47)45(49)37-27-21-16-22-28-37/h15-16,19-22,25-32,44-49H,3-14,17-18,23-24,33H2,1-2H3. The van der Waals surface area contributed by atoms with Crippen LogP contribution in [-0.2, 0) is 19.3 Å². The van der Waals surface area contributed by atoms with E-state index in [-0.39, 0.29) is 22.0 Å². The molecule has 0 aliphatic heterocycles. The van der Waals surface area contributed by atoms with Crippen LogP contribution in [0.15, 0.2) is 84.9 Å². The fourth-order valence-electron chi connectivity index (χ4n) is 6.96. The molecular weight excluding hydrogens is 637 g/mol. The summed E-state index contributed by atoms with van der Waals surface area (Å²) in [5, 5.41) is 23.2. The van der Waals surface area contributed by atoms with E-state index in [0.717, 1.165) is 59.1 Å². The van der Waals surface area contributed by atoms with Crippen molar-refractivity contribution in [2.75, 3.05) is 0 Å². The average Bonchev–Trinajstić information content (AvgIpc) is 3.13. The summed E-state index contributed by atoms with van der Waals surface area (Å²) in [5.41, 5.74) is 7.92. The molecule has 2 unspecified atom stereocenters. The lowest BCUT2D eigenvalue weighted by atomic mass is 9.90. The third kappa shape index (κ3) is 12.2. The van der Waals surface area contributed by atoms with Gasteiger partial charge in [0.1, 0.15) is 11.5 Å². The lowest BCUT2D eigenvalue weighted by Crippen LogP contribution is -2.03. The molecule has 0 radical (unpaired) electrons. The molecule has 0 fully saturated rings. The number of unbranched alkanes of at least 4 members (excludes halogenated alkanes) is 12. The van der Waals surface area contributed by atoms with E-state index in [1.807, 2.05) is 36.4 Å². The lowest BCUT2D eigenvalue weighted by Gasteiger charge is -2.21. The van der Waals surface area contributed by atoms with Crippen LogP contribution in [0.1, 0.15) is 159 Å². The summed E-state index contributed by atoms with van der Waals surface area (Å²) >= 11 is 10.1. The van der Waals surface area contributed by atoms with E-state index in [1.165, 1.54) is 88.2 Å². The number of benzene rings is 4. The highest BCUT2D eigenvalue weighted by Gasteiger charge is 2.22. The van der Waals surface area contributed by atoms with Gasteiger partial charge in [-0.05, 0) is 59.1 Å². The summed E-state index contributed by atoms with van der Waals surface area (Å²) in [7, 11) is 0. The molecule has 4 aromatic carbocycles. The van der Waals surface area contributed by atoms with E-state index in [0.29, 0.717) is 6.42 Å². The molecule has 0 aliphatic rings. The fourth-order valence-corrected chi connectivity index (χ4v) is 7.69. The highest BCUT2D eigenvalue weighted by atomic mass is 32.1. The molecular formula is C45H60O2S2. The molecule has 0 aliphatic carbocycles. The quantitative estimate of drug-likeness (QED) is 0.0488. The Balaban J connectivity index is 1.64. The van der Waals surface area contributed by atoms with Crippen molar-refractivity contribution < 1.29 is 10.2 Å². The first kappa shape index (κ1) is 39.0. The second-order valence-corrected chi connectivity index (χ2v) is 15.0. The van der Waals surface area contributed by atoms with E-state index in [4.69, 9.17) is 25.3 Å². The van der Waals surface area contributed by atoms with Crippen LogP contribution in [0.5, 0.6) is 11.5 Å². The maximum atomic E-state index is 11.8. The molecule has 0 bridgehead atoms. The van der Waals surface area contributed by atoms with Gasteiger partial charge in [0.25, 0.3) is 0 Å². The van der Waals surface area contributed by atoms with Gasteiger partial charge in [0.2, 0.25) is 0 Å². The van der Waals surface area contributed by atoms with Gasteiger partial charge in [-0.2, -0.15) is 25.3 Å². The van der Waals surface area contributed by atoms with Crippen LogP contribution in [-0.4, -0.2) is 10.2 Å². The molecule has 0 aromatic heterocycles. The summed E-state index contributed by atoms with van der Waals surface area (Å²) < 4.78 is 0. The molecule has 264 valence electrons. The van der Waals surface area contributed by atoms with Crippen LogP contribution < -0.4 is 0 Å². The largest absolute Gasteiger partial charge is 0.507 e. The molecule has 2 N–H and O–H groups in total. The zero-order valence-corrected chi connectivity index (χ0v) is 31.8. The zero-order chi connectivity index (χ0) is 34.8. The molecule has 2 nitrogen and oxygen atoms in total. The topological polar surface area (TPSA) is 40.5 Å². The Morgan fingerprint density at radius 1 is 0.469 bits per heavy atom. The van der Waals surface area contributed by atoms with Gasteiger partial charge in [-0.15, -0.1) is 0 Å². The number of aromatic hydroxyl groups is 2. The third-order valence-electron chi connectivity index (χ3n) is 9.89. The van der Waals surface area contributed by atoms with Crippen LogP contribution in [0.3, 0.4) is 0 Å². The second-order valence-electron chi connectivity index (χ2n) is 13.9. The Kier molecular flexibility index (Phi) is 17.0. The SMILES string of the molecule is CCCCCCCCCc1cc(Cc2cc(CCCCCCCCC)cc(C(S)c3ccccc3)c2O)c(O)c(C(S)c2ccccc2)c1. The molecule has 4 aromatic rings. The first-order valence-electron chi connectivity index (χ1n) is 19.1. The summed E-state index contributed by atoms with van der Waals surface area (Å²) in [6, 6.07) is 29.0. The first-order chi connectivity index (χ1) is 23.9. The van der Waals surface area contributed by atoms with Crippen LogP contribution in [0, 0.1) is 0 Å². The van der Waals surface area contributed by atoms with Crippen LogP contribution in [0.2, 0.25) is 0 Å². The molecule has 0 saturated carbocycles. The van der Waals surface area contributed by atoms with Gasteiger partial charge in [-0.3, -0.25) is 0 Å². The van der Waals surface area contributed by atoms with Gasteiger partial charge in [0.15, 0.2) is 0 Å². The molecule has 0 amide bonds. The van der Waals surface area contributed by atoms with E-state index in [9.17, 15) is 10.2 Å². The lowest BCUT2D eigenvalue weighted by molar-refractivity contribution is 0.456. The molecule has 0 heterocycles.